The summed E-state index contributed by atoms with van der Waals surface area (Å²) >= 11 is 6.30. The molecule has 7 heteroatoms. The highest BCUT2D eigenvalue weighted by molar-refractivity contribution is 6.30. The summed E-state index contributed by atoms with van der Waals surface area (Å²) in [5.41, 5.74) is 3.76. The molecule has 0 aromatic heterocycles. The first-order chi connectivity index (χ1) is 15.5. The van der Waals surface area contributed by atoms with Gasteiger partial charge in [0.15, 0.2) is 6.61 Å². The third kappa shape index (κ3) is 4.86. The Morgan fingerprint density at radius 3 is 2.56 bits per heavy atom. The molecule has 0 saturated carbocycles. The monoisotopic (exact) mass is 450 g/mol. The Morgan fingerprint density at radius 2 is 1.78 bits per heavy atom. The van der Waals surface area contributed by atoms with Crippen molar-refractivity contribution in [3.05, 3.63) is 100 Å². The van der Waals surface area contributed by atoms with E-state index in [1.54, 1.807) is 23.1 Å². The maximum atomic E-state index is 13.3. The minimum atomic E-state index is -1.08. The maximum Gasteiger partial charge on any atom is 0.341 e. The molecule has 2 N–H and O–H groups in total. The lowest BCUT2D eigenvalue weighted by atomic mass is 9.88. The van der Waals surface area contributed by atoms with Gasteiger partial charge in [0.2, 0.25) is 0 Å². The van der Waals surface area contributed by atoms with Gasteiger partial charge in [0.05, 0.1) is 6.04 Å². The fourth-order valence-electron chi connectivity index (χ4n) is 4.00. The van der Waals surface area contributed by atoms with E-state index in [1.807, 2.05) is 54.6 Å². The number of halogens is 1. The van der Waals surface area contributed by atoms with Gasteiger partial charge in [-0.05, 0) is 41.3 Å². The van der Waals surface area contributed by atoms with Crippen molar-refractivity contribution < 1.29 is 19.4 Å². The molecule has 1 heterocycles. The summed E-state index contributed by atoms with van der Waals surface area (Å²) in [6.07, 6.45) is 0.720. The molecule has 1 aliphatic rings. The van der Waals surface area contributed by atoms with Crippen molar-refractivity contribution in [2.75, 3.05) is 13.2 Å². The summed E-state index contributed by atoms with van der Waals surface area (Å²) in [5, 5.41) is 12.6. The molecule has 1 atom stereocenters. The van der Waals surface area contributed by atoms with E-state index in [0.29, 0.717) is 29.4 Å². The van der Waals surface area contributed by atoms with Gasteiger partial charge in [-0.15, -0.1) is 0 Å². The largest absolute Gasteiger partial charge is 0.482 e. The van der Waals surface area contributed by atoms with Crippen molar-refractivity contribution in [1.82, 2.24) is 10.2 Å². The molecule has 0 fully saturated rings. The van der Waals surface area contributed by atoms with E-state index in [9.17, 15) is 9.59 Å². The van der Waals surface area contributed by atoms with Gasteiger partial charge in [-0.3, -0.25) is 0 Å². The number of hydrogen-bond acceptors (Lipinski definition) is 3. The fourth-order valence-corrected chi connectivity index (χ4v) is 4.18. The molecule has 1 unspecified atom stereocenters. The number of carboxylic acid groups (broad SMARTS) is 1. The average molecular weight is 451 g/mol. The minimum absolute atomic E-state index is 0.211. The van der Waals surface area contributed by atoms with Gasteiger partial charge in [-0.25, -0.2) is 9.59 Å². The van der Waals surface area contributed by atoms with Crippen LogP contribution in [0.5, 0.6) is 5.75 Å². The molecule has 0 aliphatic carbocycles. The third-order valence-corrected chi connectivity index (χ3v) is 5.68. The van der Waals surface area contributed by atoms with E-state index in [-0.39, 0.29) is 6.03 Å². The van der Waals surface area contributed by atoms with Crippen LogP contribution < -0.4 is 10.1 Å². The summed E-state index contributed by atoms with van der Waals surface area (Å²) in [6, 6.07) is 22.0. The summed E-state index contributed by atoms with van der Waals surface area (Å²) < 4.78 is 5.56. The molecule has 0 bridgehead atoms. The number of nitrogens with zero attached hydrogens (tertiary/aromatic N) is 1. The third-order valence-electron chi connectivity index (χ3n) is 5.45. The van der Waals surface area contributed by atoms with Gasteiger partial charge >= 0.3 is 12.0 Å². The molecule has 3 aromatic carbocycles. The Bertz CT molecular complexity index is 1120. The van der Waals surface area contributed by atoms with Gasteiger partial charge in [-0.2, -0.15) is 0 Å². The number of benzene rings is 3. The Labute approximate surface area is 191 Å². The summed E-state index contributed by atoms with van der Waals surface area (Å²) in [5.74, 6) is -0.688. The highest BCUT2D eigenvalue weighted by Gasteiger charge is 2.34. The lowest BCUT2D eigenvalue weighted by Crippen LogP contribution is -2.46. The van der Waals surface area contributed by atoms with E-state index >= 15 is 0 Å². The van der Waals surface area contributed by atoms with Crippen LogP contribution in [0.15, 0.2) is 72.8 Å². The van der Waals surface area contributed by atoms with Crippen molar-refractivity contribution >= 4 is 23.6 Å². The summed E-state index contributed by atoms with van der Waals surface area (Å²) in [6.45, 7) is 0.429. The molecular formula is C25H23ClN2O4. The predicted molar refractivity (Wildman–Crippen MR) is 122 cm³/mol. The maximum absolute atomic E-state index is 13.3. The zero-order valence-electron chi connectivity index (χ0n) is 17.3. The van der Waals surface area contributed by atoms with Gasteiger partial charge in [-0.1, -0.05) is 66.2 Å². The van der Waals surface area contributed by atoms with E-state index in [2.05, 4.69) is 5.32 Å². The van der Waals surface area contributed by atoms with Crippen LogP contribution in [0.3, 0.4) is 0 Å². The van der Waals surface area contributed by atoms with E-state index in [1.165, 1.54) is 0 Å². The normalized spacial score (nSPS) is 15.0. The Hall–Kier alpha value is -3.51. The number of carbonyl (C=O) groups is 2. The quantitative estimate of drug-likeness (QED) is 0.572. The van der Waals surface area contributed by atoms with E-state index in [0.717, 1.165) is 23.1 Å². The number of hydrogen-bond donors (Lipinski definition) is 2. The molecular weight excluding hydrogens is 428 g/mol. The fraction of sp³-hybridized carbons (Fsp3) is 0.200. The number of carbonyl (C=O) groups excluding carboxylic acids is 1. The molecule has 0 radical (unpaired) electrons. The lowest BCUT2D eigenvalue weighted by molar-refractivity contribution is -0.139. The SMILES string of the molecule is O=C(O)COc1ccc(Cl)cc1C1c2ccccc2CCN1C(=O)NCc1ccccc1. The average Bonchev–Trinajstić information content (AvgIpc) is 2.81. The van der Waals surface area contributed by atoms with Crippen LogP contribution in [0.4, 0.5) is 4.79 Å². The van der Waals surface area contributed by atoms with Gasteiger partial charge < -0.3 is 20.1 Å². The summed E-state index contributed by atoms with van der Waals surface area (Å²) in [4.78, 5) is 26.1. The van der Waals surface area contributed by atoms with Crippen LogP contribution >= 0.6 is 11.6 Å². The molecule has 0 saturated heterocycles. The van der Waals surface area contributed by atoms with Gasteiger partial charge in [0, 0.05) is 23.7 Å². The van der Waals surface area contributed by atoms with Crippen molar-refractivity contribution in [3.63, 3.8) is 0 Å². The van der Waals surface area contributed by atoms with Crippen LogP contribution in [0.2, 0.25) is 5.02 Å². The zero-order chi connectivity index (χ0) is 22.5. The number of nitrogens with one attached hydrogen (secondary N) is 1. The van der Waals surface area contributed by atoms with E-state index < -0.39 is 18.6 Å². The number of urea groups is 1. The summed E-state index contributed by atoms with van der Waals surface area (Å²) in [7, 11) is 0. The topological polar surface area (TPSA) is 78.9 Å². The number of amides is 2. The lowest BCUT2D eigenvalue weighted by Gasteiger charge is -2.38. The smallest absolute Gasteiger partial charge is 0.341 e. The predicted octanol–water partition coefficient (Wildman–Crippen LogP) is 4.66. The second kappa shape index (κ2) is 9.75. The number of ether oxygens (including phenoxy) is 1. The van der Waals surface area contributed by atoms with Crippen molar-refractivity contribution in [2.45, 2.75) is 19.0 Å². The minimum Gasteiger partial charge on any atom is -0.482 e. The Balaban J connectivity index is 1.69. The van der Waals surface area contributed by atoms with Crippen LogP contribution in [0.1, 0.15) is 28.3 Å². The highest BCUT2D eigenvalue weighted by atomic mass is 35.5. The van der Waals surface area contributed by atoms with Crippen molar-refractivity contribution in [3.8, 4) is 5.75 Å². The molecule has 2 amide bonds. The second-order valence-electron chi connectivity index (χ2n) is 7.55. The van der Waals surface area contributed by atoms with E-state index in [4.69, 9.17) is 21.4 Å². The van der Waals surface area contributed by atoms with Crippen LogP contribution in [0, 0.1) is 0 Å². The molecule has 1 aliphatic heterocycles. The standard InChI is InChI=1S/C25H23ClN2O4/c26-19-10-11-22(32-16-23(29)30)21(14-19)24-20-9-5-4-8-18(20)12-13-28(24)25(31)27-15-17-6-2-1-3-7-17/h1-11,14,24H,12-13,15-16H2,(H,27,31)(H,29,30). The van der Waals surface area contributed by atoms with Crippen molar-refractivity contribution in [1.29, 1.82) is 0 Å². The van der Waals surface area contributed by atoms with Gasteiger partial charge in [0.25, 0.3) is 0 Å². The number of rotatable bonds is 6. The van der Waals surface area contributed by atoms with Crippen LogP contribution in [-0.4, -0.2) is 35.2 Å². The first-order valence-corrected chi connectivity index (χ1v) is 10.7. The highest BCUT2D eigenvalue weighted by Crippen LogP contribution is 2.40. The molecule has 4 rings (SSSR count). The van der Waals surface area contributed by atoms with Crippen LogP contribution in [0.25, 0.3) is 0 Å². The Kier molecular flexibility index (Phi) is 6.61. The van der Waals surface area contributed by atoms with Gasteiger partial charge in [0.1, 0.15) is 5.75 Å². The molecule has 3 aromatic rings. The zero-order valence-corrected chi connectivity index (χ0v) is 18.1. The second-order valence-corrected chi connectivity index (χ2v) is 7.99. The number of aliphatic carboxylic acids is 1. The number of fused-ring (bicyclic) bond motifs is 1. The van der Waals surface area contributed by atoms with Crippen molar-refractivity contribution in [2.24, 2.45) is 0 Å². The molecule has 32 heavy (non-hydrogen) atoms. The Morgan fingerprint density at radius 1 is 1.03 bits per heavy atom. The van der Waals surface area contributed by atoms with Crippen LogP contribution in [-0.2, 0) is 17.8 Å². The number of carboxylic acids is 1. The first kappa shape index (κ1) is 21.7. The molecule has 164 valence electrons. The molecule has 6 nitrogen and oxygen atoms in total. The first-order valence-electron chi connectivity index (χ1n) is 10.3. The molecule has 0 spiro atoms.